The van der Waals surface area contributed by atoms with Crippen LogP contribution in [0, 0.1) is 0 Å². The summed E-state index contributed by atoms with van der Waals surface area (Å²) in [6.45, 7) is 0. The number of nitrogens with zero attached hydrogens (tertiary/aromatic N) is 1. The first-order valence-electron chi connectivity index (χ1n) is 15.4. The third-order valence-corrected chi connectivity index (χ3v) is 9.73. The van der Waals surface area contributed by atoms with Crippen molar-refractivity contribution in [3.05, 3.63) is 180 Å². The van der Waals surface area contributed by atoms with Gasteiger partial charge in [0.05, 0.1) is 11.0 Å². The fourth-order valence-electron chi connectivity index (χ4n) is 7.75. The summed E-state index contributed by atoms with van der Waals surface area (Å²) >= 11 is 0. The molecule has 3 unspecified atom stereocenters. The Kier molecular flexibility index (Phi) is 5.52. The van der Waals surface area contributed by atoms with Gasteiger partial charge in [0.15, 0.2) is 0 Å². The second kappa shape index (κ2) is 9.71. The summed E-state index contributed by atoms with van der Waals surface area (Å²) in [5.41, 5.74) is 13.4. The van der Waals surface area contributed by atoms with E-state index in [2.05, 4.69) is 162 Å². The normalized spacial score (nSPS) is 20.1. The van der Waals surface area contributed by atoms with Crippen LogP contribution in [0.1, 0.15) is 46.4 Å². The van der Waals surface area contributed by atoms with Crippen LogP contribution in [0.25, 0.3) is 44.2 Å². The second-order valence-electron chi connectivity index (χ2n) is 12.0. The van der Waals surface area contributed by atoms with E-state index in [4.69, 9.17) is 0 Å². The topological polar surface area (TPSA) is 4.93 Å². The SMILES string of the molecule is C1=CC2c3ccccc3-c3cc(C4=CCC(c5cccc6c7ccccc7n(-c7ccccc7)c56)C=C4)ccc3C2C=C1. The molecule has 0 amide bonds. The number of fused-ring (bicyclic) bond motifs is 9. The van der Waals surface area contributed by atoms with Crippen molar-refractivity contribution in [3.63, 3.8) is 0 Å². The molecule has 0 bridgehead atoms. The van der Waals surface area contributed by atoms with Crippen LogP contribution in [-0.2, 0) is 0 Å². The van der Waals surface area contributed by atoms with Crippen molar-refractivity contribution in [2.75, 3.05) is 0 Å². The Labute approximate surface area is 252 Å². The van der Waals surface area contributed by atoms with Gasteiger partial charge in [-0.25, -0.2) is 0 Å². The Hall–Kier alpha value is -5.14. The summed E-state index contributed by atoms with van der Waals surface area (Å²) in [7, 11) is 0. The highest BCUT2D eigenvalue weighted by Crippen LogP contribution is 2.50. The lowest BCUT2D eigenvalue weighted by molar-refractivity contribution is 0.720. The molecule has 1 heterocycles. The van der Waals surface area contributed by atoms with Crippen molar-refractivity contribution in [3.8, 4) is 16.8 Å². The maximum absolute atomic E-state index is 2.45. The lowest BCUT2D eigenvalue weighted by Crippen LogP contribution is -2.16. The maximum Gasteiger partial charge on any atom is 0.0579 e. The molecular weight excluding hydrogens is 518 g/mol. The van der Waals surface area contributed by atoms with Gasteiger partial charge in [0, 0.05) is 34.2 Å². The standard InChI is InChI=1S/C42H31N/c1-2-11-31(12-3-1)43-41-20-9-8-17-38(41)39-19-10-18-32(42(39)43)29-23-21-28(22-24-29)30-25-26-37-35-15-5-4-13-33(35)34-14-6-7-16-36(34)40(37)27-30/h1-23,25-27,29,33,35H,24H2. The van der Waals surface area contributed by atoms with Crippen LogP contribution in [0.4, 0.5) is 0 Å². The molecule has 3 aliphatic carbocycles. The smallest absolute Gasteiger partial charge is 0.0579 e. The van der Waals surface area contributed by atoms with E-state index in [1.54, 1.807) is 0 Å². The van der Waals surface area contributed by atoms with Gasteiger partial charge in [0.25, 0.3) is 0 Å². The zero-order valence-electron chi connectivity index (χ0n) is 23.9. The lowest BCUT2D eigenvalue weighted by Gasteiger charge is -2.34. The van der Waals surface area contributed by atoms with E-state index in [1.165, 1.54) is 66.4 Å². The number of para-hydroxylation sites is 3. The Balaban J connectivity index is 1.11. The first-order chi connectivity index (χ1) is 21.3. The van der Waals surface area contributed by atoms with Crippen LogP contribution in [0.3, 0.4) is 0 Å². The van der Waals surface area contributed by atoms with E-state index in [1.807, 2.05) is 0 Å². The summed E-state index contributed by atoms with van der Waals surface area (Å²) < 4.78 is 2.45. The van der Waals surface area contributed by atoms with Gasteiger partial charge >= 0.3 is 0 Å². The molecule has 5 aromatic carbocycles. The van der Waals surface area contributed by atoms with Gasteiger partial charge in [-0.15, -0.1) is 0 Å². The van der Waals surface area contributed by atoms with Crippen molar-refractivity contribution in [1.29, 1.82) is 0 Å². The van der Waals surface area contributed by atoms with Gasteiger partial charge in [0.2, 0.25) is 0 Å². The summed E-state index contributed by atoms with van der Waals surface area (Å²) in [4.78, 5) is 0. The molecule has 6 aromatic rings. The molecule has 0 aliphatic heterocycles. The van der Waals surface area contributed by atoms with E-state index in [9.17, 15) is 0 Å². The fourth-order valence-corrected chi connectivity index (χ4v) is 7.75. The number of hydrogen-bond donors (Lipinski definition) is 0. The Morgan fingerprint density at radius 1 is 0.558 bits per heavy atom. The highest BCUT2D eigenvalue weighted by molar-refractivity contribution is 6.10. The van der Waals surface area contributed by atoms with Crippen LogP contribution in [-0.4, -0.2) is 4.57 Å². The number of rotatable bonds is 3. The first-order valence-corrected chi connectivity index (χ1v) is 15.4. The Morgan fingerprint density at radius 2 is 1.28 bits per heavy atom. The molecule has 0 fully saturated rings. The molecule has 0 radical (unpaired) electrons. The molecule has 43 heavy (non-hydrogen) atoms. The van der Waals surface area contributed by atoms with Crippen molar-refractivity contribution in [2.24, 2.45) is 0 Å². The number of aromatic nitrogens is 1. The van der Waals surface area contributed by atoms with E-state index in [0.717, 1.165) is 6.42 Å². The van der Waals surface area contributed by atoms with Crippen LogP contribution >= 0.6 is 0 Å². The summed E-state index contributed by atoms with van der Waals surface area (Å²) in [6, 6.07) is 42.5. The summed E-state index contributed by atoms with van der Waals surface area (Å²) in [5.74, 6) is 1.14. The van der Waals surface area contributed by atoms with Crippen LogP contribution < -0.4 is 0 Å². The van der Waals surface area contributed by atoms with Crippen molar-refractivity contribution in [2.45, 2.75) is 24.2 Å². The largest absolute Gasteiger partial charge is 0.309 e. The predicted octanol–water partition coefficient (Wildman–Crippen LogP) is 10.9. The highest BCUT2D eigenvalue weighted by Gasteiger charge is 2.31. The third kappa shape index (κ3) is 3.78. The van der Waals surface area contributed by atoms with Crippen molar-refractivity contribution < 1.29 is 0 Å². The van der Waals surface area contributed by atoms with Crippen molar-refractivity contribution >= 4 is 27.4 Å². The zero-order chi connectivity index (χ0) is 28.3. The highest BCUT2D eigenvalue weighted by atomic mass is 15.0. The second-order valence-corrected chi connectivity index (χ2v) is 12.0. The van der Waals surface area contributed by atoms with Gasteiger partial charge in [0.1, 0.15) is 0 Å². The van der Waals surface area contributed by atoms with E-state index >= 15 is 0 Å². The zero-order valence-corrected chi connectivity index (χ0v) is 23.9. The molecule has 1 aromatic heterocycles. The molecule has 3 aliphatic rings. The first kappa shape index (κ1) is 24.5. The average molecular weight is 550 g/mol. The van der Waals surface area contributed by atoms with Crippen molar-refractivity contribution in [1.82, 2.24) is 4.57 Å². The maximum atomic E-state index is 2.45. The lowest BCUT2D eigenvalue weighted by atomic mass is 9.69. The minimum Gasteiger partial charge on any atom is -0.309 e. The number of benzene rings is 5. The molecule has 0 saturated heterocycles. The molecule has 1 nitrogen and oxygen atoms in total. The molecular formula is C42H31N. The van der Waals surface area contributed by atoms with Gasteiger partial charge in [-0.2, -0.15) is 0 Å². The summed E-state index contributed by atoms with van der Waals surface area (Å²) in [6.07, 6.45) is 17.3. The predicted molar refractivity (Wildman–Crippen MR) is 181 cm³/mol. The van der Waals surface area contributed by atoms with Gasteiger partial charge in [-0.05, 0) is 69.6 Å². The van der Waals surface area contributed by atoms with E-state index in [-0.39, 0.29) is 0 Å². The Morgan fingerprint density at radius 3 is 2.12 bits per heavy atom. The van der Waals surface area contributed by atoms with Crippen LogP contribution in [0.2, 0.25) is 0 Å². The molecule has 1 heteroatoms. The quantitative estimate of drug-likeness (QED) is 0.207. The summed E-state index contributed by atoms with van der Waals surface area (Å²) in [5, 5.41) is 2.62. The minimum absolute atomic E-state index is 0.317. The molecule has 9 rings (SSSR count). The van der Waals surface area contributed by atoms with Crippen LogP contribution in [0.15, 0.2) is 158 Å². The number of allylic oxidation sites excluding steroid dienone is 8. The Bertz CT molecular complexity index is 2170. The molecule has 204 valence electrons. The van der Waals surface area contributed by atoms with Gasteiger partial charge < -0.3 is 4.57 Å². The van der Waals surface area contributed by atoms with E-state index in [0.29, 0.717) is 17.8 Å². The van der Waals surface area contributed by atoms with Gasteiger partial charge in [-0.3, -0.25) is 0 Å². The molecule has 0 N–H and O–H groups in total. The molecule has 0 spiro atoms. The monoisotopic (exact) mass is 549 g/mol. The fraction of sp³-hybridized carbons (Fsp3) is 0.0952. The molecule has 3 atom stereocenters. The molecule has 0 saturated carbocycles. The van der Waals surface area contributed by atoms with Crippen LogP contribution in [0.5, 0.6) is 0 Å². The van der Waals surface area contributed by atoms with Gasteiger partial charge in [-0.1, -0.05) is 134 Å². The third-order valence-electron chi connectivity index (χ3n) is 9.73. The van der Waals surface area contributed by atoms with E-state index < -0.39 is 0 Å². The number of hydrogen-bond acceptors (Lipinski definition) is 0. The average Bonchev–Trinajstić information content (AvgIpc) is 3.43. The minimum atomic E-state index is 0.317.